The number of ketones is 1. The Morgan fingerprint density at radius 1 is 1.47 bits per heavy atom. The monoisotopic (exact) mass is 275 g/mol. The van der Waals surface area contributed by atoms with Crippen LogP contribution in [0.4, 0.5) is 0 Å². The molecule has 0 aromatic carbocycles. The van der Waals surface area contributed by atoms with E-state index in [1.54, 1.807) is 0 Å². The molecule has 1 aliphatic rings. The second kappa shape index (κ2) is 7.06. The molecule has 0 aromatic heterocycles. The lowest BCUT2D eigenvalue weighted by atomic mass is 10.1. The Balaban J connectivity index is 2.17. The number of rotatable bonds is 6. The average molecular weight is 275 g/mol. The first-order chi connectivity index (χ1) is 8.00. The van der Waals surface area contributed by atoms with E-state index in [-0.39, 0.29) is 34.5 Å². The van der Waals surface area contributed by atoms with Crippen LogP contribution < -0.4 is 5.32 Å². The molecule has 17 heavy (non-hydrogen) atoms. The zero-order chi connectivity index (χ0) is 12.8. The van der Waals surface area contributed by atoms with Crippen molar-refractivity contribution in [2.45, 2.75) is 26.3 Å². The van der Waals surface area contributed by atoms with Crippen molar-refractivity contribution in [3.63, 3.8) is 0 Å². The molecule has 1 atom stereocenters. The lowest BCUT2D eigenvalue weighted by Crippen LogP contribution is -2.38. The van der Waals surface area contributed by atoms with E-state index in [1.165, 1.54) is 23.5 Å². The summed E-state index contributed by atoms with van der Waals surface area (Å²) in [5.74, 6) is 1.38. The molecule has 1 rings (SSSR count). The van der Waals surface area contributed by atoms with Gasteiger partial charge in [0.05, 0.1) is 17.5 Å². The first-order valence-corrected chi connectivity index (χ1v) is 7.71. The summed E-state index contributed by atoms with van der Waals surface area (Å²) in [6, 6.07) is -0.325. The van der Waals surface area contributed by atoms with Crippen LogP contribution in [0, 0.1) is 5.92 Å². The van der Waals surface area contributed by atoms with Crippen molar-refractivity contribution < 1.29 is 14.4 Å². The fourth-order valence-electron chi connectivity index (χ4n) is 1.27. The standard InChI is InChI=1S/C11H17NO3S2/c1-7(2)9(13)5-16-6-10(14)12-8-3-4-17-11(8)15/h7-8H,3-6H2,1-2H3,(H,12,14). The first-order valence-electron chi connectivity index (χ1n) is 5.57. The topological polar surface area (TPSA) is 63.2 Å². The molecule has 0 aliphatic carbocycles. The molecule has 0 saturated carbocycles. The maximum atomic E-state index is 11.5. The van der Waals surface area contributed by atoms with Crippen molar-refractivity contribution >= 4 is 40.3 Å². The largest absolute Gasteiger partial charge is 0.345 e. The van der Waals surface area contributed by atoms with Gasteiger partial charge in [-0.05, 0) is 6.42 Å². The van der Waals surface area contributed by atoms with Gasteiger partial charge < -0.3 is 5.32 Å². The third-order valence-corrected chi connectivity index (χ3v) is 4.36. The minimum atomic E-state index is -0.325. The molecule has 1 heterocycles. The Morgan fingerprint density at radius 2 is 2.18 bits per heavy atom. The quantitative estimate of drug-likeness (QED) is 0.786. The van der Waals surface area contributed by atoms with Gasteiger partial charge >= 0.3 is 0 Å². The van der Waals surface area contributed by atoms with Crippen LogP contribution in [0.3, 0.4) is 0 Å². The molecule has 6 heteroatoms. The fourth-order valence-corrected chi connectivity index (χ4v) is 3.11. The van der Waals surface area contributed by atoms with Crippen LogP contribution >= 0.6 is 23.5 Å². The number of hydrogen-bond acceptors (Lipinski definition) is 5. The van der Waals surface area contributed by atoms with Crippen molar-refractivity contribution in [1.29, 1.82) is 0 Å². The van der Waals surface area contributed by atoms with Gasteiger partial charge in [-0.25, -0.2) is 0 Å². The summed E-state index contributed by atoms with van der Waals surface area (Å²) < 4.78 is 0. The van der Waals surface area contributed by atoms with Crippen molar-refractivity contribution in [1.82, 2.24) is 5.32 Å². The van der Waals surface area contributed by atoms with Crippen LogP contribution in [0.15, 0.2) is 0 Å². The van der Waals surface area contributed by atoms with E-state index in [4.69, 9.17) is 0 Å². The summed E-state index contributed by atoms with van der Waals surface area (Å²) in [5.41, 5.74) is 0. The summed E-state index contributed by atoms with van der Waals surface area (Å²) in [6.07, 6.45) is 0.713. The molecule has 0 aromatic rings. The summed E-state index contributed by atoms with van der Waals surface area (Å²) >= 11 is 2.57. The number of hydrogen-bond donors (Lipinski definition) is 1. The van der Waals surface area contributed by atoms with Crippen molar-refractivity contribution in [2.24, 2.45) is 5.92 Å². The number of amides is 1. The first kappa shape index (κ1) is 14.6. The normalized spacial score (nSPS) is 19.7. The Labute approximate surface area is 110 Å². The molecule has 1 N–H and O–H groups in total. The lowest BCUT2D eigenvalue weighted by Gasteiger charge is -2.09. The van der Waals surface area contributed by atoms with Gasteiger partial charge in [-0.2, -0.15) is 0 Å². The second-order valence-corrected chi connectivity index (χ2v) is 6.27. The summed E-state index contributed by atoms with van der Waals surface area (Å²) in [6.45, 7) is 3.69. The summed E-state index contributed by atoms with van der Waals surface area (Å²) in [4.78, 5) is 34.1. The number of carbonyl (C=O) groups is 3. The SMILES string of the molecule is CC(C)C(=O)CSCC(=O)NC1CCSC1=O. The predicted molar refractivity (Wildman–Crippen MR) is 71.2 cm³/mol. The van der Waals surface area contributed by atoms with Gasteiger partial charge in [0.25, 0.3) is 0 Å². The lowest BCUT2D eigenvalue weighted by molar-refractivity contribution is -0.122. The van der Waals surface area contributed by atoms with Crippen LogP contribution in [-0.4, -0.2) is 40.1 Å². The van der Waals surface area contributed by atoms with E-state index in [9.17, 15) is 14.4 Å². The van der Waals surface area contributed by atoms with Gasteiger partial charge in [0.15, 0.2) is 0 Å². The van der Waals surface area contributed by atoms with Crippen LogP contribution in [0.1, 0.15) is 20.3 Å². The highest BCUT2D eigenvalue weighted by molar-refractivity contribution is 8.14. The zero-order valence-corrected chi connectivity index (χ0v) is 11.7. The number of carbonyl (C=O) groups excluding carboxylic acids is 3. The van der Waals surface area contributed by atoms with Crippen molar-refractivity contribution in [3.05, 3.63) is 0 Å². The van der Waals surface area contributed by atoms with E-state index >= 15 is 0 Å². The molecule has 1 unspecified atom stereocenters. The van der Waals surface area contributed by atoms with Gasteiger partial charge in [-0.1, -0.05) is 25.6 Å². The molecule has 1 aliphatic heterocycles. The number of nitrogens with one attached hydrogen (secondary N) is 1. The third kappa shape index (κ3) is 5.12. The smallest absolute Gasteiger partial charge is 0.230 e. The molecule has 1 fully saturated rings. The van der Waals surface area contributed by atoms with E-state index in [0.29, 0.717) is 12.2 Å². The van der Waals surface area contributed by atoms with Gasteiger partial charge in [0.1, 0.15) is 5.78 Å². The molecule has 1 amide bonds. The van der Waals surface area contributed by atoms with Gasteiger partial charge in [-0.15, -0.1) is 11.8 Å². The van der Waals surface area contributed by atoms with Crippen LogP contribution in [-0.2, 0) is 14.4 Å². The summed E-state index contributed by atoms with van der Waals surface area (Å²) in [7, 11) is 0. The Bertz CT molecular complexity index is 318. The molecule has 4 nitrogen and oxygen atoms in total. The predicted octanol–water partition coefficient (Wildman–Crippen LogP) is 1.09. The van der Waals surface area contributed by atoms with Gasteiger partial charge in [0.2, 0.25) is 11.0 Å². The Kier molecular flexibility index (Phi) is 6.05. The van der Waals surface area contributed by atoms with Crippen molar-refractivity contribution in [2.75, 3.05) is 17.3 Å². The maximum Gasteiger partial charge on any atom is 0.230 e. The van der Waals surface area contributed by atoms with Gasteiger partial charge in [-0.3, -0.25) is 14.4 Å². The minimum absolute atomic E-state index is 0.0124. The van der Waals surface area contributed by atoms with Crippen molar-refractivity contribution in [3.8, 4) is 0 Å². The van der Waals surface area contributed by atoms with Crippen LogP contribution in [0.2, 0.25) is 0 Å². The average Bonchev–Trinajstić information content (AvgIpc) is 2.64. The number of thioether (sulfide) groups is 2. The maximum absolute atomic E-state index is 11.5. The zero-order valence-electron chi connectivity index (χ0n) is 10.0. The molecule has 96 valence electrons. The molecule has 0 radical (unpaired) electrons. The van der Waals surface area contributed by atoms with E-state index in [1.807, 2.05) is 13.8 Å². The summed E-state index contributed by atoms with van der Waals surface area (Å²) in [5, 5.41) is 2.73. The highest BCUT2D eigenvalue weighted by atomic mass is 32.2. The Morgan fingerprint density at radius 3 is 2.71 bits per heavy atom. The highest BCUT2D eigenvalue weighted by Crippen LogP contribution is 2.19. The van der Waals surface area contributed by atoms with Crippen LogP contribution in [0.5, 0.6) is 0 Å². The van der Waals surface area contributed by atoms with E-state index < -0.39 is 0 Å². The van der Waals surface area contributed by atoms with E-state index in [2.05, 4.69) is 5.32 Å². The molecule has 1 saturated heterocycles. The molecule has 0 spiro atoms. The number of Topliss-reactive ketones (excluding diaryl/α,β-unsaturated/α-hetero) is 1. The second-order valence-electron chi connectivity index (χ2n) is 4.19. The minimum Gasteiger partial charge on any atom is -0.345 e. The van der Waals surface area contributed by atoms with Crippen LogP contribution in [0.25, 0.3) is 0 Å². The van der Waals surface area contributed by atoms with Gasteiger partial charge in [0, 0.05) is 11.7 Å². The highest BCUT2D eigenvalue weighted by Gasteiger charge is 2.26. The fraction of sp³-hybridized carbons (Fsp3) is 0.727. The molecular weight excluding hydrogens is 258 g/mol. The molecular formula is C11H17NO3S2. The Hall–Kier alpha value is -0.490. The van der Waals surface area contributed by atoms with E-state index in [0.717, 1.165) is 5.75 Å². The third-order valence-electron chi connectivity index (χ3n) is 2.39. The molecule has 0 bridgehead atoms.